The molecule has 0 aliphatic heterocycles. The van der Waals surface area contributed by atoms with Crippen LogP contribution in [0.15, 0.2) is 24.3 Å². The van der Waals surface area contributed by atoms with E-state index < -0.39 is 37.6 Å². The van der Waals surface area contributed by atoms with E-state index in [0.717, 1.165) is 25.0 Å². The van der Waals surface area contributed by atoms with Crippen LogP contribution in [-0.2, 0) is 6.42 Å². The van der Waals surface area contributed by atoms with Crippen LogP contribution < -0.4 is 0 Å². The summed E-state index contributed by atoms with van der Waals surface area (Å²) in [6, 6.07) is 4.36. The van der Waals surface area contributed by atoms with Gasteiger partial charge < -0.3 is 0 Å². The number of benzene rings is 2. The molecule has 0 amide bonds. The van der Waals surface area contributed by atoms with Gasteiger partial charge >= 0.3 is 0 Å². The van der Waals surface area contributed by atoms with Crippen molar-refractivity contribution in [3.8, 4) is 11.1 Å². The van der Waals surface area contributed by atoms with E-state index in [9.17, 15) is 35.1 Å². The number of aryl methyl sites for hydroxylation is 1. The Morgan fingerprint density at radius 2 is 1.52 bits per heavy atom. The number of rotatable bonds is 6. The zero-order valence-electron chi connectivity index (χ0n) is 14.1. The van der Waals surface area contributed by atoms with Crippen molar-refractivity contribution in [1.29, 1.82) is 0 Å². The molecule has 1 aliphatic rings. The maximum atomic E-state index is 12.9. The smallest absolute Gasteiger partial charge is 0.285 e. The average molecular weight is 371 g/mol. The third-order valence-electron chi connectivity index (χ3n) is 4.50. The van der Waals surface area contributed by atoms with E-state index in [-0.39, 0.29) is 22.3 Å². The third kappa shape index (κ3) is 2.80. The Balaban J connectivity index is 2.41. The van der Waals surface area contributed by atoms with Gasteiger partial charge in [-0.1, -0.05) is 19.4 Å². The van der Waals surface area contributed by atoms with Gasteiger partial charge in [-0.15, -0.1) is 0 Å². The largest absolute Gasteiger partial charge is 0.289 e. The second-order valence-electron chi connectivity index (χ2n) is 6.09. The van der Waals surface area contributed by atoms with Crippen molar-refractivity contribution in [2.75, 3.05) is 0 Å². The average Bonchev–Trinajstić information content (AvgIpc) is 2.92. The normalized spacial score (nSPS) is 11.8. The monoisotopic (exact) mass is 371 g/mol. The van der Waals surface area contributed by atoms with E-state index in [0.29, 0.717) is 12.0 Å². The Morgan fingerprint density at radius 3 is 2.07 bits per heavy atom. The summed E-state index contributed by atoms with van der Waals surface area (Å²) in [7, 11) is 0. The Morgan fingerprint density at radius 1 is 0.852 bits per heavy atom. The zero-order chi connectivity index (χ0) is 19.9. The number of carbonyl (C=O) groups is 1. The minimum atomic E-state index is -0.864. The maximum absolute atomic E-state index is 12.9. The van der Waals surface area contributed by atoms with E-state index in [2.05, 4.69) is 0 Å². The van der Waals surface area contributed by atoms with Gasteiger partial charge in [0.25, 0.3) is 17.1 Å². The summed E-state index contributed by atoms with van der Waals surface area (Å²) in [5, 5.41) is 34.1. The van der Waals surface area contributed by atoms with Crippen LogP contribution in [0, 0.1) is 30.3 Å². The van der Waals surface area contributed by atoms with Crippen molar-refractivity contribution in [2.24, 2.45) is 0 Å². The van der Waals surface area contributed by atoms with Gasteiger partial charge in [-0.05, 0) is 18.4 Å². The second-order valence-corrected chi connectivity index (χ2v) is 6.09. The molecule has 0 aromatic heterocycles. The Kier molecular flexibility index (Phi) is 4.40. The highest BCUT2D eigenvalue weighted by molar-refractivity contribution is 6.25. The highest BCUT2D eigenvalue weighted by atomic mass is 16.6. The minimum absolute atomic E-state index is 0.0243. The van der Waals surface area contributed by atoms with Gasteiger partial charge in [0.1, 0.15) is 0 Å². The predicted octanol–water partition coefficient (Wildman–Crippen LogP) is 3.97. The molecule has 1 aliphatic carbocycles. The molecule has 0 saturated carbocycles. The molecule has 27 heavy (non-hydrogen) atoms. The fourth-order valence-corrected chi connectivity index (χ4v) is 3.31. The van der Waals surface area contributed by atoms with Crippen molar-refractivity contribution in [2.45, 2.75) is 26.2 Å². The number of unbranched alkanes of at least 4 members (excludes halogenated alkanes) is 1. The summed E-state index contributed by atoms with van der Waals surface area (Å²) < 4.78 is 0. The summed E-state index contributed by atoms with van der Waals surface area (Å²) in [5.74, 6) is -0.665. The fourth-order valence-electron chi connectivity index (χ4n) is 3.31. The number of hydrogen-bond acceptors (Lipinski definition) is 7. The Labute approximate surface area is 151 Å². The molecule has 0 saturated heterocycles. The van der Waals surface area contributed by atoms with Crippen molar-refractivity contribution in [3.05, 3.63) is 71.3 Å². The van der Waals surface area contributed by atoms with Crippen molar-refractivity contribution in [3.63, 3.8) is 0 Å². The molecule has 0 spiro atoms. The van der Waals surface area contributed by atoms with Crippen LogP contribution in [0.3, 0.4) is 0 Å². The molecule has 10 heteroatoms. The number of nitro benzene ring substituents is 3. The van der Waals surface area contributed by atoms with Gasteiger partial charge in [-0.2, -0.15) is 0 Å². The first-order chi connectivity index (χ1) is 12.8. The molecule has 0 radical (unpaired) electrons. The lowest BCUT2D eigenvalue weighted by Gasteiger charge is -2.08. The molecule has 0 unspecified atom stereocenters. The van der Waals surface area contributed by atoms with E-state index in [1.54, 1.807) is 0 Å². The van der Waals surface area contributed by atoms with Crippen molar-refractivity contribution in [1.82, 2.24) is 0 Å². The summed E-state index contributed by atoms with van der Waals surface area (Å²) in [6.45, 7) is 1.94. The number of carbonyl (C=O) groups excluding carboxylic acids is 1. The van der Waals surface area contributed by atoms with Gasteiger partial charge in [0, 0.05) is 23.3 Å². The summed E-state index contributed by atoms with van der Waals surface area (Å²) in [5.41, 5.74) is -1.79. The number of nitrogens with zero attached hydrogens (tertiary/aromatic N) is 3. The maximum Gasteiger partial charge on any atom is 0.285 e. The van der Waals surface area contributed by atoms with E-state index in [1.165, 1.54) is 12.1 Å². The van der Waals surface area contributed by atoms with Crippen LogP contribution in [0.5, 0.6) is 0 Å². The first kappa shape index (κ1) is 18.1. The number of nitro groups is 3. The number of hydrogen-bond donors (Lipinski definition) is 0. The number of non-ortho nitro benzene ring substituents is 1. The third-order valence-corrected chi connectivity index (χ3v) is 4.50. The molecule has 0 fully saturated rings. The van der Waals surface area contributed by atoms with Crippen LogP contribution in [0.25, 0.3) is 11.1 Å². The topological polar surface area (TPSA) is 146 Å². The van der Waals surface area contributed by atoms with Crippen LogP contribution in [0.2, 0.25) is 0 Å². The molecule has 2 aromatic carbocycles. The summed E-state index contributed by atoms with van der Waals surface area (Å²) >= 11 is 0. The van der Waals surface area contributed by atoms with Gasteiger partial charge in [0.2, 0.25) is 0 Å². The zero-order valence-corrected chi connectivity index (χ0v) is 14.1. The molecule has 0 atom stereocenters. The molecular weight excluding hydrogens is 358 g/mol. The quantitative estimate of drug-likeness (QED) is 0.470. The lowest BCUT2D eigenvalue weighted by Crippen LogP contribution is -2.03. The predicted molar refractivity (Wildman–Crippen MR) is 93.9 cm³/mol. The van der Waals surface area contributed by atoms with Crippen LogP contribution >= 0.6 is 0 Å². The molecule has 0 heterocycles. The number of ketones is 1. The van der Waals surface area contributed by atoms with Crippen LogP contribution in [-0.4, -0.2) is 20.6 Å². The first-order valence-electron chi connectivity index (χ1n) is 8.10. The van der Waals surface area contributed by atoms with Crippen LogP contribution in [0.1, 0.15) is 41.3 Å². The molecule has 3 rings (SSSR count). The number of fused-ring (bicyclic) bond motifs is 3. The van der Waals surface area contributed by atoms with E-state index >= 15 is 0 Å². The molecule has 2 aromatic rings. The Hall–Kier alpha value is -3.69. The second kappa shape index (κ2) is 6.56. The van der Waals surface area contributed by atoms with Gasteiger partial charge in [-0.25, -0.2) is 0 Å². The fraction of sp³-hybridized carbons (Fsp3) is 0.235. The van der Waals surface area contributed by atoms with Crippen molar-refractivity contribution >= 4 is 22.8 Å². The summed E-state index contributed by atoms with van der Waals surface area (Å²) in [4.78, 5) is 44.6. The molecule has 0 bridgehead atoms. The van der Waals surface area contributed by atoms with E-state index in [1.807, 2.05) is 6.92 Å². The molecular formula is C17H13N3O7. The summed E-state index contributed by atoms with van der Waals surface area (Å²) in [6.07, 6.45) is 2.00. The highest BCUT2D eigenvalue weighted by Gasteiger charge is 2.41. The Bertz CT molecular complexity index is 1030. The van der Waals surface area contributed by atoms with Crippen LogP contribution in [0.4, 0.5) is 17.1 Å². The molecule has 10 nitrogen and oxygen atoms in total. The van der Waals surface area contributed by atoms with E-state index in [4.69, 9.17) is 0 Å². The van der Waals surface area contributed by atoms with Gasteiger partial charge in [-0.3, -0.25) is 35.1 Å². The lowest BCUT2D eigenvalue weighted by atomic mass is 9.95. The lowest BCUT2D eigenvalue weighted by molar-refractivity contribution is -0.394. The van der Waals surface area contributed by atoms with Gasteiger partial charge in [0.05, 0.1) is 32.0 Å². The van der Waals surface area contributed by atoms with Crippen molar-refractivity contribution < 1.29 is 19.6 Å². The standard InChI is InChI=1S/C17H13N3O7/c1-2-3-4-9-5-6-12(19(24)25)16-14(9)17(21)11-7-10(18(22)23)8-13(15(11)16)20(26)27/h5-8H,2-4H2,1H3. The minimum Gasteiger partial charge on any atom is -0.289 e. The van der Waals surface area contributed by atoms with Gasteiger partial charge in [0.15, 0.2) is 5.78 Å². The SMILES string of the molecule is CCCCc1ccc([N+](=O)[O-])c2c1C(=O)c1cc([N+](=O)[O-])cc([N+](=O)[O-])c1-2. The molecule has 138 valence electrons. The highest BCUT2D eigenvalue weighted by Crippen LogP contribution is 2.49. The molecule has 0 N–H and O–H groups in total. The first-order valence-corrected chi connectivity index (χ1v) is 8.10.